The van der Waals surface area contributed by atoms with Crippen LogP contribution in [0.25, 0.3) is 11.2 Å². The number of sulfonamides is 1. The van der Waals surface area contributed by atoms with Crippen molar-refractivity contribution in [1.29, 1.82) is 0 Å². The van der Waals surface area contributed by atoms with E-state index in [2.05, 4.69) is 19.7 Å². The number of pyridine rings is 1. The summed E-state index contributed by atoms with van der Waals surface area (Å²) in [6.07, 6.45) is 2.91. The van der Waals surface area contributed by atoms with Crippen molar-refractivity contribution < 1.29 is 17.9 Å². The van der Waals surface area contributed by atoms with Crippen LogP contribution in [0.1, 0.15) is 0 Å². The molecule has 1 aliphatic rings. The lowest BCUT2D eigenvalue weighted by molar-refractivity contribution is 0.171. The number of aromatic nitrogens is 3. The smallest absolute Gasteiger partial charge is 0.262 e. The van der Waals surface area contributed by atoms with E-state index < -0.39 is 10.0 Å². The predicted molar refractivity (Wildman–Crippen MR) is 82.1 cm³/mol. The van der Waals surface area contributed by atoms with Crippen molar-refractivity contribution in [3.63, 3.8) is 0 Å². The summed E-state index contributed by atoms with van der Waals surface area (Å²) in [6, 6.07) is 6.13. The highest BCUT2D eigenvalue weighted by atomic mass is 32.2. The van der Waals surface area contributed by atoms with Gasteiger partial charge in [0.25, 0.3) is 10.0 Å². The van der Waals surface area contributed by atoms with Crippen LogP contribution in [0.3, 0.4) is 0 Å². The van der Waals surface area contributed by atoms with Crippen molar-refractivity contribution in [1.82, 2.24) is 15.0 Å². The second-order valence-corrected chi connectivity index (χ2v) is 6.59. The Morgan fingerprint density at radius 2 is 1.91 bits per heavy atom. The van der Waals surface area contributed by atoms with Gasteiger partial charge in [-0.3, -0.25) is 4.72 Å². The van der Waals surface area contributed by atoms with Crippen LogP contribution < -0.4 is 14.2 Å². The summed E-state index contributed by atoms with van der Waals surface area (Å²) in [5, 5.41) is 0. The molecule has 0 radical (unpaired) electrons. The van der Waals surface area contributed by atoms with Crippen molar-refractivity contribution in [2.75, 3.05) is 17.9 Å². The molecule has 0 amide bonds. The summed E-state index contributed by atoms with van der Waals surface area (Å²) < 4.78 is 38.3. The van der Waals surface area contributed by atoms with Crippen LogP contribution in [-0.2, 0) is 10.0 Å². The molecule has 23 heavy (non-hydrogen) atoms. The molecule has 1 aliphatic heterocycles. The number of hydrogen-bond donors (Lipinski definition) is 2. The van der Waals surface area contributed by atoms with Crippen LogP contribution in [0.15, 0.2) is 41.7 Å². The van der Waals surface area contributed by atoms with E-state index >= 15 is 0 Å². The molecule has 1 aromatic carbocycles. The van der Waals surface area contributed by atoms with Gasteiger partial charge in [-0.1, -0.05) is 0 Å². The molecule has 9 heteroatoms. The molecule has 118 valence electrons. The van der Waals surface area contributed by atoms with Crippen molar-refractivity contribution in [3.05, 3.63) is 36.8 Å². The zero-order valence-electron chi connectivity index (χ0n) is 11.8. The number of benzene rings is 1. The van der Waals surface area contributed by atoms with Crippen molar-refractivity contribution in [2.24, 2.45) is 0 Å². The minimum absolute atomic E-state index is 0.0893. The van der Waals surface area contributed by atoms with Crippen LogP contribution in [0.5, 0.6) is 11.5 Å². The molecule has 0 unspecified atom stereocenters. The average molecular weight is 332 g/mol. The number of nitrogens with zero attached hydrogens (tertiary/aromatic N) is 2. The van der Waals surface area contributed by atoms with E-state index in [9.17, 15) is 8.42 Å². The highest BCUT2D eigenvalue weighted by Gasteiger charge is 2.19. The Morgan fingerprint density at radius 1 is 1.09 bits per heavy atom. The summed E-state index contributed by atoms with van der Waals surface area (Å²) in [6.45, 7) is 0.845. The first-order valence-corrected chi connectivity index (χ1v) is 8.32. The second-order valence-electron chi connectivity index (χ2n) is 4.91. The van der Waals surface area contributed by atoms with Crippen LogP contribution in [-0.4, -0.2) is 36.6 Å². The molecule has 2 aromatic heterocycles. The maximum absolute atomic E-state index is 12.5. The Kier molecular flexibility index (Phi) is 3.08. The third-order valence-electron chi connectivity index (χ3n) is 3.35. The quantitative estimate of drug-likeness (QED) is 0.753. The lowest BCUT2D eigenvalue weighted by Crippen LogP contribution is -2.17. The maximum Gasteiger partial charge on any atom is 0.262 e. The van der Waals surface area contributed by atoms with E-state index in [1.165, 1.54) is 24.7 Å². The molecule has 8 nitrogen and oxygen atoms in total. The number of imidazole rings is 1. The van der Waals surface area contributed by atoms with Gasteiger partial charge >= 0.3 is 0 Å². The van der Waals surface area contributed by atoms with E-state index in [0.717, 1.165) is 0 Å². The third kappa shape index (κ3) is 2.55. The number of H-pyrrole nitrogens is 1. The lowest BCUT2D eigenvalue weighted by Gasteiger charge is -2.19. The van der Waals surface area contributed by atoms with E-state index in [1.807, 2.05) is 0 Å². The van der Waals surface area contributed by atoms with Crippen LogP contribution >= 0.6 is 0 Å². The Bertz CT molecular complexity index is 983. The Hall–Kier alpha value is -2.81. The SMILES string of the molecule is O=S(=O)(Nc1cnc2nc[nH]c2c1)c1ccc2c(c1)OCCO2. The van der Waals surface area contributed by atoms with Gasteiger partial charge in [-0.2, -0.15) is 0 Å². The summed E-state index contributed by atoms with van der Waals surface area (Å²) in [4.78, 5) is 11.0. The van der Waals surface area contributed by atoms with Crippen molar-refractivity contribution >= 4 is 26.9 Å². The van der Waals surface area contributed by atoms with Crippen LogP contribution in [0.4, 0.5) is 5.69 Å². The van der Waals surface area contributed by atoms with Gasteiger partial charge in [0.15, 0.2) is 17.1 Å². The summed E-state index contributed by atoms with van der Waals surface area (Å²) in [7, 11) is -3.76. The summed E-state index contributed by atoms with van der Waals surface area (Å²) >= 11 is 0. The monoisotopic (exact) mass is 332 g/mol. The highest BCUT2D eigenvalue weighted by Crippen LogP contribution is 2.32. The highest BCUT2D eigenvalue weighted by molar-refractivity contribution is 7.92. The number of anilines is 1. The van der Waals surface area contributed by atoms with Crippen molar-refractivity contribution in [3.8, 4) is 11.5 Å². The topological polar surface area (TPSA) is 106 Å². The van der Waals surface area contributed by atoms with E-state index in [0.29, 0.717) is 41.6 Å². The first-order chi connectivity index (χ1) is 11.1. The fourth-order valence-corrected chi connectivity index (χ4v) is 3.34. The number of rotatable bonds is 3. The Morgan fingerprint density at radius 3 is 2.78 bits per heavy atom. The normalized spacial score (nSPS) is 13.9. The Balaban J connectivity index is 1.66. The molecule has 0 bridgehead atoms. The van der Waals surface area contributed by atoms with E-state index in [1.54, 1.807) is 12.1 Å². The van der Waals surface area contributed by atoms with Gasteiger partial charge in [0.05, 0.1) is 28.6 Å². The van der Waals surface area contributed by atoms with E-state index in [-0.39, 0.29) is 4.90 Å². The number of aromatic amines is 1. The molecule has 0 saturated heterocycles. The molecule has 0 fully saturated rings. The molecular formula is C14H12N4O4S. The number of nitrogens with one attached hydrogen (secondary N) is 2. The first-order valence-electron chi connectivity index (χ1n) is 6.83. The molecule has 3 aromatic rings. The minimum Gasteiger partial charge on any atom is -0.486 e. The summed E-state index contributed by atoms with van der Waals surface area (Å²) in [5.41, 5.74) is 1.51. The zero-order chi connectivity index (χ0) is 15.9. The van der Waals surface area contributed by atoms with Crippen LogP contribution in [0.2, 0.25) is 0 Å². The average Bonchev–Trinajstić information content (AvgIpc) is 3.01. The maximum atomic E-state index is 12.5. The van der Waals surface area contributed by atoms with Gasteiger partial charge in [-0.05, 0) is 18.2 Å². The molecule has 0 aliphatic carbocycles. The van der Waals surface area contributed by atoms with Gasteiger partial charge in [0.1, 0.15) is 13.2 Å². The fourth-order valence-electron chi connectivity index (χ4n) is 2.29. The van der Waals surface area contributed by atoms with Crippen molar-refractivity contribution in [2.45, 2.75) is 4.90 Å². The van der Waals surface area contributed by atoms with Gasteiger partial charge < -0.3 is 14.5 Å². The number of hydrogen-bond acceptors (Lipinski definition) is 6. The third-order valence-corrected chi connectivity index (χ3v) is 4.73. The van der Waals surface area contributed by atoms with E-state index in [4.69, 9.17) is 9.47 Å². The molecule has 0 atom stereocenters. The largest absolute Gasteiger partial charge is 0.486 e. The van der Waals surface area contributed by atoms with Gasteiger partial charge in [0, 0.05) is 6.07 Å². The molecular weight excluding hydrogens is 320 g/mol. The lowest BCUT2D eigenvalue weighted by atomic mass is 10.3. The molecule has 2 N–H and O–H groups in total. The Labute approximate surface area is 131 Å². The second kappa shape index (κ2) is 5.13. The zero-order valence-corrected chi connectivity index (χ0v) is 12.6. The first kappa shape index (κ1) is 13.8. The predicted octanol–water partition coefficient (Wildman–Crippen LogP) is 1.53. The van der Waals surface area contributed by atoms with Gasteiger partial charge in [-0.25, -0.2) is 18.4 Å². The van der Waals surface area contributed by atoms with Gasteiger partial charge in [-0.15, -0.1) is 0 Å². The fraction of sp³-hybridized carbons (Fsp3) is 0.143. The van der Waals surface area contributed by atoms with Crippen LogP contribution in [0, 0.1) is 0 Å². The molecule has 0 spiro atoms. The minimum atomic E-state index is -3.76. The standard InChI is InChI=1S/C14H12N4O4S/c19-23(20,10-1-2-12-13(6-10)22-4-3-21-12)18-9-5-11-14(15-7-9)17-8-16-11/h1-2,5-8,18H,3-4H2,(H,15,16,17). The number of fused-ring (bicyclic) bond motifs is 2. The number of ether oxygens (including phenoxy) is 2. The van der Waals surface area contributed by atoms with Gasteiger partial charge in [0.2, 0.25) is 0 Å². The summed E-state index contributed by atoms with van der Waals surface area (Å²) in [5.74, 6) is 0.956. The molecule has 0 saturated carbocycles. The molecule has 3 heterocycles. The molecule has 4 rings (SSSR count).